The van der Waals surface area contributed by atoms with Crippen LogP contribution in [-0.4, -0.2) is 17.0 Å². The summed E-state index contributed by atoms with van der Waals surface area (Å²) in [5.41, 5.74) is 0.737. The first-order chi connectivity index (χ1) is 11.2. The second-order valence-corrected chi connectivity index (χ2v) is 6.65. The molecule has 0 bridgehead atoms. The minimum absolute atomic E-state index is 0.206. The number of rotatable bonds is 4. The van der Waals surface area contributed by atoms with Crippen LogP contribution in [0.1, 0.15) is 16.1 Å². The lowest BCUT2D eigenvalue weighted by Crippen LogP contribution is -2.19. The molecule has 116 valence electrons. The average molecular weight is 343 g/mol. The zero-order valence-corrected chi connectivity index (χ0v) is 13.9. The number of H-pyrrole nitrogens is 1. The monoisotopic (exact) mass is 343 g/mol. The molecule has 3 rings (SSSR count). The average Bonchev–Trinajstić information content (AvgIpc) is 3.19. The molecule has 6 heteroatoms. The molecule has 0 fully saturated rings. The highest BCUT2D eigenvalue weighted by Gasteiger charge is 2.05. The number of carbonyl (C=O) groups excluding carboxylic acids is 1. The third-order valence-electron chi connectivity index (χ3n) is 3.12. The molecule has 0 unspecified atom stereocenters. The number of benzene rings is 1. The van der Waals surface area contributed by atoms with E-state index in [2.05, 4.69) is 4.98 Å². The SMILES string of the molecule is CSc1ccc(C=c2sc(=CC(=O)c3ccco3)[nH]c2=O)cc1. The third-order valence-corrected chi connectivity index (χ3v) is 4.83. The molecular weight excluding hydrogens is 330 g/mol. The number of thiazole rings is 1. The molecule has 4 nitrogen and oxygen atoms in total. The van der Waals surface area contributed by atoms with Crippen LogP contribution in [0.5, 0.6) is 0 Å². The van der Waals surface area contributed by atoms with E-state index in [0.29, 0.717) is 9.20 Å². The second-order valence-electron chi connectivity index (χ2n) is 4.69. The van der Waals surface area contributed by atoms with Crippen molar-refractivity contribution in [3.63, 3.8) is 0 Å². The Morgan fingerprint density at radius 2 is 2.04 bits per heavy atom. The highest BCUT2D eigenvalue weighted by atomic mass is 32.2. The Kier molecular flexibility index (Phi) is 4.64. The maximum atomic E-state index is 12.0. The Labute approximate surface area is 140 Å². The van der Waals surface area contributed by atoms with E-state index < -0.39 is 0 Å². The van der Waals surface area contributed by atoms with Crippen LogP contribution in [0.25, 0.3) is 12.2 Å². The normalized spacial score (nSPS) is 12.7. The summed E-state index contributed by atoms with van der Waals surface area (Å²) < 4.78 is 6.10. The van der Waals surface area contributed by atoms with E-state index in [1.807, 2.05) is 36.6 Å². The third kappa shape index (κ3) is 3.72. The predicted molar refractivity (Wildman–Crippen MR) is 93.5 cm³/mol. The molecule has 0 amide bonds. The number of Topliss-reactive ketones (excluding diaryl/α,β-unsaturated/α-hetero) is 1. The Morgan fingerprint density at radius 3 is 2.70 bits per heavy atom. The molecule has 0 aliphatic rings. The van der Waals surface area contributed by atoms with Crippen LogP contribution >= 0.6 is 23.1 Å². The van der Waals surface area contributed by atoms with Gasteiger partial charge in [-0.05, 0) is 42.2 Å². The van der Waals surface area contributed by atoms with E-state index in [-0.39, 0.29) is 17.1 Å². The Bertz CT molecular complexity index is 980. The van der Waals surface area contributed by atoms with Crippen molar-refractivity contribution in [3.8, 4) is 0 Å². The molecule has 0 spiro atoms. The molecule has 0 saturated carbocycles. The molecular formula is C17H13NO3S2. The summed E-state index contributed by atoms with van der Waals surface area (Å²) in [7, 11) is 0. The first-order valence-electron chi connectivity index (χ1n) is 6.80. The first kappa shape index (κ1) is 15.6. The molecule has 0 aliphatic carbocycles. The van der Waals surface area contributed by atoms with E-state index in [0.717, 1.165) is 5.56 Å². The molecule has 0 aliphatic heterocycles. The first-order valence-corrected chi connectivity index (χ1v) is 8.84. The highest BCUT2D eigenvalue weighted by Crippen LogP contribution is 2.14. The molecule has 2 heterocycles. The zero-order chi connectivity index (χ0) is 16.2. The molecule has 1 aromatic carbocycles. The molecule has 3 aromatic rings. The van der Waals surface area contributed by atoms with Gasteiger partial charge in [-0.25, -0.2) is 0 Å². The maximum absolute atomic E-state index is 12.0. The van der Waals surface area contributed by atoms with E-state index in [1.54, 1.807) is 23.9 Å². The standard InChI is InChI=1S/C17H13NO3S2/c1-22-12-6-4-11(5-7-12)9-15-17(20)18-16(23-15)10-13(19)14-3-2-8-21-14/h2-10H,1H3,(H,18,20). The number of hydrogen-bond acceptors (Lipinski definition) is 5. The zero-order valence-electron chi connectivity index (χ0n) is 12.2. The van der Waals surface area contributed by atoms with Gasteiger partial charge in [0.15, 0.2) is 5.76 Å². The summed E-state index contributed by atoms with van der Waals surface area (Å²) in [6.45, 7) is 0. The second kappa shape index (κ2) is 6.85. The van der Waals surface area contributed by atoms with Gasteiger partial charge in [0.2, 0.25) is 5.78 Å². The van der Waals surface area contributed by atoms with Gasteiger partial charge in [-0.3, -0.25) is 9.59 Å². The summed E-state index contributed by atoms with van der Waals surface area (Å²) in [5, 5.41) is 0. The summed E-state index contributed by atoms with van der Waals surface area (Å²) in [5.74, 6) is -0.0270. The van der Waals surface area contributed by atoms with Gasteiger partial charge in [0.05, 0.1) is 15.5 Å². The summed E-state index contributed by atoms with van der Waals surface area (Å²) in [6.07, 6.45) is 6.64. The Balaban J connectivity index is 1.95. The van der Waals surface area contributed by atoms with Crippen LogP contribution in [0.3, 0.4) is 0 Å². The lowest BCUT2D eigenvalue weighted by Gasteiger charge is -1.95. The van der Waals surface area contributed by atoms with Gasteiger partial charge in [0, 0.05) is 11.0 Å². The van der Waals surface area contributed by atoms with Crippen LogP contribution in [0, 0.1) is 0 Å². The van der Waals surface area contributed by atoms with Crippen molar-refractivity contribution in [1.82, 2.24) is 4.98 Å². The number of aromatic amines is 1. The number of hydrogen-bond donors (Lipinski definition) is 1. The number of nitrogens with one attached hydrogen (secondary N) is 1. The van der Waals surface area contributed by atoms with Crippen LogP contribution in [0.15, 0.2) is 56.8 Å². The Hall–Kier alpha value is -2.31. The van der Waals surface area contributed by atoms with Crippen LogP contribution in [0.4, 0.5) is 0 Å². The lowest BCUT2D eigenvalue weighted by molar-refractivity contribution is 0.103. The summed E-state index contributed by atoms with van der Waals surface area (Å²) in [6, 6.07) is 11.2. The molecule has 23 heavy (non-hydrogen) atoms. The quantitative estimate of drug-likeness (QED) is 0.583. The van der Waals surface area contributed by atoms with Gasteiger partial charge in [-0.15, -0.1) is 23.1 Å². The van der Waals surface area contributed by atoms with Gasteiger partial charge in [-0.2, -0.15) is 0 Å². The number of aromatic nitrogens is 1. The van der Waals surface area contributed by atoms with E-state index >= 15 is 0 Å². The van der Waals surface area contributed by atoms with Crippen molar-refractivity contribution >= 4 is 41.0 Å². The topological polar surface area (TPSA) is 63.1 Å². The molecule has 1 N–H and O–H groups in total. The van der Waals surface area contributed by atoms with Gasteiger partial charge >= 0.3 is 0 Å². The lowest BCUT2D eigenvalue weighted by atomic mass is 10.2. The minimum atomic E-state index is -0.275. The molecule has 2 aromatic heterocycles. The molecule has 0 saturated heterocycles. The van der Waals surface area contributed by atoms with E-state index in [4.69, 9.17) is 4.42 Å². The predicted octanol–water partition coefficient (Wildman–Crippen LogP) is 2.24. The number of furan rings is 1. The maximum Gasteiger partial charge on any atom is 0.266 e. The summed E-state index contributed by atoms with van der Waals surface area (Å²) in [4.78, 5) is 27.8. The van der Waals surface area contributed by atoms with Gasteiger partial charge in [0.25, 0.3) is 5.56 Å². The largest absolute Gasteiger partial charge is 0.461 e. The van der Waals surface area contributed by atoms with E-state index in [1.165, 1.54) is 28.6 Å². The highest BCUT2D eigenvalue weighted by molar-refractivity contribution is 7.98. The van der Waals surface area contributed by atoms with Gasteiger partial charge in [0.1, 0.15) is 0 Å². The van der Waals surface area contributed by atoms with Crippen molar-refractivity contribution < 1.29 is 9.21 Å². The fraction of sp³-hybridized carbons (Fsp3) is 0.0588. The summed E-state index contributed by atoms with van der Waals surface area (Å²) >= 11 is 2.91. The molecule has 0 atom stereocenters. The van der Waals surface area contributed by atoms with Crippen molar-refractivity contribution in [1.29, 1.82) is 0 Å². The smallest absolute Gasteiger partial charge is 0.266 e. The molecule has 0 radical (unpaired) electrons. The van der Waals surface area contributed by atoms with Crippen LogP contribution in [0.2, 0.25) is 0 Å². The van der Waals surface area contributed by atoms with Crippen molar-refractivity contribution in [3.05, 3.63) is 73.5 Å². The fourth-order valence-electron chi connectivity index (χ4n) is 1.98. The van der Waals surface area contributed by atoms with Gasteiger partial charge in [-0.1, -0.05) is 12.1 Å². The Morgan fingerprint density at radius 1 is 1.26 bits per heavy atom. The van der Waals surface area contributed by atoms with Gasteiger partial charge < -0.3 is 9.40 Å². The van der Waals surface area contributed by atoms with Crippen LogP contribution < -0.4 is 14.8 Å². The fourth-order valence-corrected chi connectivity index (χ4v) is 3.28. The van der Waals surface area contributed by atoms with Crippen LogP contribution in [-0.2, 0) is 0 Å². The van der Waals surface area contributed by atoms with Crippen molar-refractivity contribution in [2.45, 2.75) is 4.90 Å². The number of ketones is 1. The minimum Gasteiger partial charge on any atom is -0.461 e. The number of carbonyl (C=O) groups is 1. The van der Waals surface area contributed by atoms with Crippen molar-refractivity contribution in [2.24, 2.45) is 0 Å². The van der Waals surface area contributed by atoms with Crippen molar-refractivity contribution in [2.75, 3.05) is 6.26 Å². The number of thioether (sulfide) groups is 1. The van der Waals surface area contributed by atoms with E-state index in [9.17, 15) is 9.59 Å².